The van der Waals surface area contributed by atoms with Crippen molar-refractivity contribution in [2.45, 2.75) is 20.3 Å². The molecule has 0 amide bonds. The molecule has 0 saturated heterocycles. The van der Waals surface area contributed by atoms with Crippen molar-refractivity contribution in [1.82, 2.24) is 0 Å². The van der Waals surface area contributed by atoms with Gasteiger partial charge in [-0.3, -0.25) is 0 Å². The minimum atomic E-state index is 1.09. The molecule has 0 N–H and O–H groups in total. The highest BCUT2D eigenvalue weighted by Gasteiger charge is 1.75. The molecule has 60 valence electrons. The molecule has 0 aliphatic heterocycles. The molecule has 0 fully saturated rings. The molecule has 0 unspecified atom stereocenters. The SMILES string of the molecule is C=C/C=C/C=C(C)/C=C/CC. The third kappa shape index (κ3) is 6.85. The first kappa shape index (κ1) is 9.96. The van der Waals surface area contributed by atoms with Gasteiger partial charge in [-0.1, -0.05) is 55.5 Å². The highest BCUT2D eigenvalue weighted by molar-refractivity contribution is 5.22. The highest BCUT2D eigenvalue weighted by Crippen LogP contribution is 1.96. The number of hydrogen-bond acceptors (Lipinski definition) is 0. The Morgan fingerprint density at radius 3 is 2.64 bits per heavy atom. The van der Waals surface area contributed by atoms with Crippen molar-refractivity contribution >= 4 is 0 Å². The molecular weight excluding hydrogens is 132 g/mol. The Hall–Kier alpha value is -1.04. The summed E-state index contributed by atoms with van der Waals surface area (Å²) < 4.78 is 0. The summed E-state index contributed by atoms with van der Waals surface area (Å²) >= 11 is 0. The van der Waals surface area contributed by atoms with Gasteiger partial charge in [-0.15, -0.1) is 0 Å². The molecule has 0 saturated carbocycles. The maximum atomic E-state index is 3.59. The first-order valence-electron chi connectivity index (χ1n) is 3.93. The smallest absolute Gasteiger partial charge is 0.0376 e. The van der Waals surface area contributed by atoms with Crippen molar-refractivity contribution in [1.29, 1.82) is 0 Å². The maximum Gasteiger partial charge on any atom is -0.0376 e. The zero-order valence-corrected chi connectivity index (χ0v) is 7.38. The molecule has 0 aliphatic rings. The van der Waals surface area contributed by atoms with Gasteiger partial charge in [0.15, 0.2) is 0 Å². The fraction of sp³-hybridized carbons (Fsp3) is 0.273. The standard InChI is InChI=1S/C11H16/c1-4-6-8-10-11(3)9-7-5-2/h4,6-10H,1,5H2,2-3H3/b8-6+,9-7+,11-10+. The topological polar surface area (TPSA) is 0 Å². The van der Waals surface area contributed by atoms with Crippen LogP contribution < -0.4 is 0 Å². The van der Waals surface area contributed by atoms with Crippen molar-refractivity contribution in [2.24, 2.45) is 0 Å². The third-order valence-electron chi connectivity index (χ3n) is 1.22. The van der Waals surface area contributed by atoms with Gasteiger partial charge in [0.1, 0.15) is 0 Å². The second kappa shape index (κ2) is 7.07. The molecule has 0 nitrogen and oxygen atoms in total. The van der Waals surface area contributed by atoms with Crippen LogP contribution in [0.2, 0.25) is 0 Å². The molecule has 0 aromatic rings. The largest absolute Gasteiger partial charge is 0.0991 e. The zero-order chi connectivity index (χ0) is 8.53. The van der Waals surface area contributed by atoms with Crippen LogP contribution >= 0.6 is 0 Å². The normalized spacial score (nSPS) is 13.1. The predicted molar refractivity (Wildman–Crippen MR) is 52.5 cm³/mol. The molecule has 0 heteroatoms. The van der Waals surface area contributed by atoms with E-state index in [4.69, 9.17) is 0 Å². The van der Waals surface area contributed by atoms with Crippen LogP contribution in [-0.4, -0.2) is 0 Å². The van der Waals surface area contributed by atoms with Crippen LogP contribution in [0.1, 0.15) is 20.3 Å². The van der Waals surface area contributed by atoms with Gasteiger partial charge in [0.2, 0.25) is 0 Å². The summed E-state index contributed by atoms with van der Waals surface area (Å²) in [6.45, 7) is 7.80. The van der Waals surface area contributed by atoms with Crippen molar-refractivity contribution in [2.75, 3.05) is 0 Å². The van der Waals surface area contributed by atoms with E-state index in [0.29, 0.717) is 0 Å². The summed E-state index contributed by atoms with van der Waals surface area (Å²) in [5.74, 6) is 0. The number of allylic oxidation sites excluding steroid dienone is 7. The number of rotatable bonds is 4. The Morgan fingerprint density at radius 1 is 1.36 bits per heavy atom. The van der Waals surface area contributed by atoms with E-state index in [2.05, 4.69) is 38.7 Å². The first-order chi connectivity index (χ1) is 5.31. The monoisotopic (exact) mass is 148 g/mol. The van der Waals surface area contributed by atoms with E-state index in [1.807, 2.05) is 12.2 Å². The van der Waals surface area contributed by atoms with Crippen molar-refractivity contribution < 1.29 is 0 Å². The molecule has 0 radical (unpaired) electrons. The summed E-state index contributed by atoms with van der Waals surface area (Å²) in [6, 6.07) is 0. The van der Waals surface area contributed by atoms with E-state index in [-0.39, 0.29) is 0 Å². The average Bonchev–Trinajstić information content (AvgIpc) is 2.01. The van der Waals surface area contributed by atoms with Gasteiger partial charge in [0.25, 0.3) is 0 Å². The Bertz CT molecular complexity index is 180. The minimum absolute atomic E-state index is 1.09. The minimum Gasteiger partial charge on any atom is -0.0991 e. The van der Waals surface area contributed by atoms with Gasteiger partial charge < -0.3 is 0 Å². The lowest BCUT2D eigenvalue weighted by Crippen LogP contribution is -1.64. The van der Waals surface area contributed by atoms with Crippen molar-refractivity contribution in [3.8, 4) is 0 Å². The molecule has 0 bridgehead atoms. The molecule has 0 aromatic carbocycles. The molecular formula is C11H16. The Balaban J connectivity index is 3.89. The van der Waals surface area contributed by atoms with Gasteiger partial charge >= 0.3 is 0 Å². The van der Waals surface area contributed by atoms with Gasteiger partial charge in [-0.05, 0) is 13.3 Å². The van der Waals surface area contributed by atoms with Crippen molar-refractivity contribution in [3.05, 3.63) is 48.6 Å². The van der Waals surface area contributed by atoms with Crippen LogP contribution in [0.5, 0.6) is 0 Å². The first-order valence-corrected chi connectivity index (χ1v) is 3.93. The summed E-state index contributed by atoms with van der Waals surface area (Å²) in [4.78, 5) is 0. The van der Waals surface area contributed by atoms with Crippen LogP contribution in [0, 0.1) is 0 Å². The Labute approximate surface area is 69.6 Å². The summed E-state index contributed by atoms with van der Waals surface area (Å²) in [7, 11) is 0. The van der Waals surface area contributed by atoms with Gasteiger partial charge in [0.05, 0.1) is 0 Å². The number of hydrogen-bond donors (Lipinski definition) is 0. The quantitative estimate of drug-likeness (QED) is 0.534. The van der Waals surface area contributed by atoms with Crippen LogP contribution in [0.3, 0.4) is 0 Å². The second-order valence-corrected chi connectivity index (χ2v) is 2.34. The van der Waals surface area contributed by atoms with E-state index in [0.717, 1.165) is 6.42 Å². The van der Waals surface area contributed by atoms with E-state index < -0.39 is 0 Å². The molecule has 0 heterocycles. The van der Waals surface area contributed by atoms with Gasteiger partial charge in [-0.25, -0.2) is 0 Å². The lowest BCUT2D eigenvalue weighted by atomic mass is 10.2. The van der Waals surface area contributed by atoms with Crippen molar-refractivity contribution in [3.63, 3.8) is 0 Å². The summed E-state index contributed by atoms with van der Waals surface area (Å²) in [5, 5.41) is 0. The van der Waals surface area contributed by atoms with Crippen LogP contribution in [0.15, 0.2) is 48.6 Å². The molecule has 11 heavy (non-hydrogen) atoms. The van der Waals surface area contributed by atoms with Gasteiger partial charge in [-0.2, -0.15) is 0 Å². The molecule has 0 spiro atoms. The van der Waals surface area contributed by atoms with Crippen LogP contribution in [0.4, 0.5) is 0 Å². The molecule has 0 aliphatic carbocycles. The van der Waals surface area contributed by atoms with E-state index in [9.17, 15) is 0 Å². The van der Waals surface area contributed by atoms with E-state index >= 15 is 0 Å². The average molecular weight is 148 g/mol. The van der Waals surface area contributed by atoms with E-state index in [1.165, 1.54) is 5.57 Å². The Morgan fingerprint density at radius 2 is 2.09 bits per heavy atom. The lowest BCUT2D eigenvalue weighted by molar-refractivity contribution is 1.22. The van der Waals surface area contributed by atoms with Gasteiger partial charge in [0, 0.05) is 0 Å². The fourth-order valence-electron chi connectivity index (χ4n) is 0.645. The third-order valence-corrected chi connectivity index (χ3v) is 1.22. The predicted octanol–water partition coefficient (Wildman–Crippen LogP) is 3.64. The molecule has 0 atom stereocenters. The summed E-state index contributed by atoms with van der Waals surface area (Å²) in [6.07, 6.45) is 13.1. The maximum absolute atomic E-state index is 3.59. The highest BCUT2D eigenvalue weighted by atomic mass is 13.8. The van der Waals surface area contributed by atoms with E-state index in [1.54, 1.807) is 6.08 Å². The fourth-order valence-corrected chi connectivity index (χ4v) is 0.645. The summed E-state index contributed by atoms with van der Waals surface area (Å²) in [5.41, 5.74) is 1.27. The molecule has 0 aromatic heterocycles. The lowest BCUT2D eigenvalue weighted by Gasteiger charge is -1.85. The van der Waals surface area contributed by atoms with Crippen LogP contribution in [-0.2, 0) is 0 Å². The zero-order valence-electron chi connectivity index (χ0n) is 7.38. The second-order valence-electron chi connectivity index (χ2n) is 2.34. The molecule has 0 rings (SSSR count). The Kier molecular flexibility index (Phi) is 6.40. The van der Waals surface area contributed by atoms with Crippen LogP contribution in [0.25, 0.3) is 0 Å².